The lowest BCUT2D eigenvalue weighted by Crippen LogP contribution is -2.38. The Hall–Kier alpha value is -1.35. The zero-order chi connectivity index (χ0) is 14.1. The second-order valence-corrected chi connectivity index (χ2v) is 5.03. The van der Waals surface area contributed by atoms with Gasteiger partial charge in [-0.25, -0.2) is 0 Å². The summed E-state index contributed by atoms with van der Waals surface area (Å²) in [4.78, 5) is 11.6. The topological polar surface area (TPSA) is 41.1 Å². The number of nitrogens with one attached hydrogen (secondary N) is 2. The first kappa shape index (κ1) is 15.7. The quantitative estimate of drug-likeness (QED) is 0.756. The summed E-state index contributed by atoms with van der Waals surface area (Å²) in [6.07, 6.45) is 3.19. The Balaban J connectivity index is 2.23. The molecule has 0 saturated heterocycles. The van der Waals surface area contributed by atoms with Crippen LogP contribution in [0, 0.1) is 0 Å². The van der Waals surface area contributed by atoms with E-state index in [0.29, 0.717) is 6.54 Å². The molecule has 1 amide bonds. The highest BCUT2D eigenvalue weighted by atomic mass is 16.1. The van der Waals surface area contributed by atoms with Crippen LogP contribution < -0.4 is 10.6 Å². The predicted octanol–water partition coefficient (Wildman–Crippen LogP) is 2.64. The summed E-state index contributed by atoms with van der Waals surface area (Å²) < 4.78 is 0. The fourth-order valence-electron chi connectivity index (χ4n) is 2.04. The van der Waals surface area contributed by atoms with Crippen LogP contribution in [0.2, 0.25) is 0 Å². The Kier molecular flexibility index (Phi) is 7.19. The van der Waals surface area contributed by atoms with E-state index in [4.69, 9.17) is 0 Å². The molecule has 0 aliphatic rings. The summed E-state index contributed by atoms with van der Waals surface area (Å²) in [6.45, 7) is 7.43. The van der Waals surface area contributed by atoms with Gasteiger partial charge in [0.15, 0.2) is 0 Å². The Morgan fingerprint density at radius 3 is 2.37 bits per heavy atom. The second-order valence-electron chi connectivity index (χ2n) is 5.03. The minimum absolute atomic E-state index is 0.0751. The summed E-state index contributed by atoms with van der Waals surface area (Å²) in [5, 5.41) is 6.16. The number of rotatable bonds is 8. The first-order chi connectivity index (χ1) is 9.15. The van der Waals surface area contributed by atoms with Gasteiger partial charge in [-0.1, -0.05) is 44.5 Å². The van der Waals surface area contributed by atoms with E-state index in [-0.39, 0.29) is 11.9 Å². The number of amides is 1. The van der Waals surface area contributed by atoms with E-state index < -0.39 is 0 Å². The van der Waals surface area contributed by atoms with Crippen LogP contribution in [-0.2, 0) is 17.8 Å². The highest BCUT2D eigenvalue weighted by molar-refractivity contribution is 5.78. The lowest BCUT2D eigenvalue weighted by atomic mass is 10.1. The normalized spacial score (nSPS) is 12.2. The van der Waals surface area contributed by atoms with Crippen molar-refractivity contribution in [2.45, 2.75) is 52.6 Å². The van der Waals surface area contributed by atoms with Crippen LogP contribution in [-0.4, -0.2) is 18.5 Å². The van der Waals surface area contributed by atoms with Crippen LogP contribution in [0.25, 0.3) is 0 Å². The summed E-state index contributed by atoms with van der Waals surface area (Å²) in [6, 6.07) is 8.77. The monoisotopic (exact) mass is 262 g/mol. The molecule has 0 aromatic heterocycles. The molecular formula is C16H26N2O. The number of benzene rings is 1. The van der Waals surface area contributed by atoms with Crippen molar-refractivity contribution < 1.29 is 4.79 Å². The van der Waals surface area contributed by atoms with E-state index in [2.05, 4.69) is 48.7 Å². The van der Waals surface area contributed by atoms with Gasteiger partial charge in [0.25, 0.3) is 0 Å². The molecule has 2 N–H and O–H groups in total. The third-order valence-electron chi connectivity index (χ3n) is 3.17. The smallest absolute Gasteiger partial charge is 0.234 e. The maximum atomic E-state index is 11.6. The molecule has 3 nitrogen and oxygen atoms in total. The fourth-order valence-corrected chi connectivity index (χ4v) is 2.04. The minimum atomic E-state index is 0.0751. The molecule has 0 saturated carbocycles. The summed E-state index contributed by atoms with van der Waals surface area (Å²) in [5.74, 6) is 0.0751. The van der Waals surface area contributed by atoms with Gasteiger partial charge in [-0.2, -0.15) is 0 Å². The summed E-state index contributed by atoms with van der Waals surface area (Å²) >= 11 is 0. The van der Waals surface area contributed by atoms with Gasteiger partial charge >= 0.3 is 0 Å². The average Bonchev–Trinajstić information content (AvgIpc) is 2.39. The van der Waals surface area contributed by atoms with E-state index in [1.165, 1.54) is 11.1 Å². The molecule has 0 heterocycles. The first-order valence-electron chi connectivity index (χ1n) is 7.23. The Labute approximate surface area is 116 Å². The van der Waals surface area contributed by atoms with Gasteiger partial charge in [-0.05, 0) is 30.9 Å². The number of hydrogen-bond acceptors (Lipinski definition) is 2. The lowest BCUT2D eigenvalue weighted by molar-refractivity contribution is -0.120. The van der Waals surface area contributed by atoms with E-state index in [1.807, 2.05) is 6.92 Å². The highest BCUT2D eigenvalue weighted by Gasteiger charge is 2.05. The van der Waals surface area contributed by atoms with Crippen LogP contribution in [0.1, 0.15) is 44.7 Å². The van der Waals surface area contributed by atoms with Crippen LogP contribution in [0.3, 0.4) is 0 Å². The molecule has 0 bridgehead atoms. The van der Waals surface area contributed by atoms with Gasteiger partial charge in [0.05, 0.1) is 6.54 Å². The predicted molar refractivity (Wildman–Crippen MR) is 80.0 cm³/mol. The maximum absolute atomic E-state index is 11.6. The van der Waals surface area contributed by atoms with Crippen molar-refractivity contribution in [2.24, 2.45) is 0 Å². The molecule has 0 spiro atoms. The standard InChI is InChI=1S/C16H26N2O/c1-4-6-13(3)18-16(19)12-17-11-15-9-7-14(5-2)8-10-15/h7-10,13,17H,4-6,11-12H2,1-3H3,(H,18,19). The Bertz CT molecular complexity index is 373. The molecule has 1 atom stereocenters. The van der Waals surface area contributed by atoms with Crippen LogP contribution >= 0.6 is 0 Å². The van der Waals surface area contributed by atoms with Crippen LogP contribution in [0.4, 0.5) is 0 Å². The largest absolute Gasteiger partial charge is 0.353 e. The van der Waals surface area contributed by atoms with E-state index in [1.54, 1.807) is 0 Å². The summed E-state index contributed by atoms with van der Waals surface area (Å²) in [7, 11) is 0. The van der Waals surface area contributed by atoms with Crippen LogP contribution in [0.5, 0.6) is 0 Å². The summed E-state index contributed by atoms with van der Waals surface area (Å²) in [5.41, 5.74) is 2.56. The molecule has 1 rings (SSSR count). The molecule has 3 heteroatoms. The number of carbonyl (C=O) groups excluding carboxylic acids is 1. The van der Waals surface area contributed by atoms with E-state index in [0.717, 1.165) is 25.8 Å². The van der Waals surface area contributed by atoms with Gasteiger partial charge in [-0.15, -0.1) is 0 Å². The molecule has 0 aliphatic carbocycles. The fraction of sp³-hybridized carbons (Fsp3) is 0.562. The first-order valence-corrected chi connectivity index (χ1v) is 7.23. The zero-order valence-electron chi connectivity index (χ0n) is 12.3. The van der Waals surface area contributed by atoms with Gasteiger partial charge in [0.2, 0.25) is 5.91 Å². The molecule has 106 valence electrons. The van der Waals surface area contributed by atoms with Gasteiger partial charge in [-0.3, -0.25) is 4.79 Å². The lowest BCUT2D eigenvalue weighted by Gasteiger charge is -2.13. The minimum Gasteiger partial charge on any atom is -0.353 e. The van der Waals surface area contributed by atoms with Gasteiger partial charge in [0.1, 0.15) is 0 Å². The maximum Gasteiger partial charge on any atom is 0.234 e. The average molecular weight is 262 g/mol. The molecule has 1 aromatic rings. The third-order valence-corrected chi connectivity index (χ3v) is 3.17. The van der Waals surface area contributed by atoms with Gasteiger partial charge < -0.3 is 10.6 Å². The molecule has 19 heavy (non-hydrogen) atoms. The van der Waals surface area contributed by atoms with Crippen molar-refractivity contribution in [1.82, 2.24) is 10.6 Å². The third kappa shape index (κ3) is 6.39. The zero-order valence-corrected chi connectivity index (χ0v) is 12.3. The molecule has 0 radical (unpaired) electrons. The second kappa shape index (κ2) is 8.70. The molecule has 1 aromatic carbocycles. The van der Waals surface area contributed by atoms with Crippen molar-refractivity contribution in [3.05, 3.63) is 35.4 Å². The van der Waals surface area contributed by atoms with Crippen molar-refractivity contribution in [1.29, 1.82) is 0 Å². The Morgan fingerprint density at radius 2 is 1.79 bits per heavy atom. The SMILES string of the molecule is CCCC(C)NC(=O)CNCc1ccc(CC)cc1. The number of carbonyl (C=O) groups is 1. The van der Waals surface area contributed by atoms with Crippen molar-refractivity contribution >= 4 is 5.91 Å². The van der Waals surface area contributed by atoms with Crippen molar-refractivity contribution in [2.75, 3.05) is 6.54 Å². The molecule has 0 fully saturated rings. The van der Waals surface area contributed by atoms with Crippen molar-refractivity contribution in [3.63, 3.8) is 0 Å². The van der Waals surface area contributed by atoms with Gasteiger partial charge in [0, 0.05) is 12.6 Å². The molecular weight excluding hydrogens is 236 g/mol. The highest BCUT2D eigenvalue weighted by Crippen LogP contribution is 2.04. The Morgan fingerprint density at radius 1 is 1.16 bits per heavy atom. The molecule has 0 aliphatic heterocycles. The number of hydrogen-bond donors (Lipinski definition) is 2. The number of aryl methyl sites for hydroxylation is 1. The van der Waals surface area contributed by atoms with E-state index in [9.17, 15) is 4.79 Å². The van der Waals surface area contributed by atoms with Crippen LogP contribution in [0.15, 0.2) is 24.3 Å². The molecule has 1 unspecified atom stereocenters. The van der Waals surface area contributed by atoms with Crippen molar-refractivity contribution in [3.8, 4) is 0 Å². The van der Waals surface area contributed by atoms with E-state index >= 15 is 0 Å².